The summed E-state index contributed by atoms with van der Waals surface area (Å²) in [6.45, 7) is 16.5. The lowest BCUT2D eigenvalue weighted by atomic mass is 10.2. The van der Waals surface area contributed by atoms with Crippen LogP contribution in [0.25, 0.3) is 17.0 Å². The molecule has 0 saturated carbocycles. The second kappa shape index (κ2) is 12.7. The number of aromatic nitrogens is 5. The molecule has 0 atom stereocenters. The standard InChI is InChI=1S/C28H41F2N7O4Si/c1-28(2,3)42(4,5)41-15-7-14-40-21-9-6-8-20-22(21)31-24(23(29)30)37(20)27-33-25(35-10-16-38-17-11-35)32-26(34-27)36-12-18-39-19-13-36/h6,8-9,23H,7,10-19H2,1-5H3. The Hall–Kier alpha value is -2.94. The molecule has 3 aromatic rings. The van der Waals surface area contributed by atoms with E-state index in [1.807, 2.05) is 9.80 Å². The number of morpholine rings is 2. The van der Waals surface area contributed by atoms with Crippen molar-refractivity contribution in [2.45, 2.75) is 51.7 Å². The second-order valence-corrected chi connectivity index (χ2v) is 16.8. The van der Waals surface area contributed by atoms with Gasteiger partial charge in [-0.05, 0) is 30.3 Å². The van der Waals surface area contributed by atoms with E-state index in [1.54, 1.807) is 18.2 Å². The first-order valence-electron chi connectivity index (χ1n) is 14.5. The molecule has 4 heterocycles. The molecule has 2 fully saturated rings. The number of para-hydroxylation sites is 1. The van der Waals surface area contributed by atoms with Crippen molar-refractivity contribution in [3.63, 3.8) is 0 Å². The van der Waals surface area contributed by atoms with Crippen LogP contribution < -0.4 is 14.5 Å². The summed E-state index contributed by atoms with van der Waals surface area (Å²) in [6.07, 6.45) is -2.19. The second-order valence-electron chi connectivity index (χ2n) is 12.0. The van der Waals surface area contributed by atoms with Gasteiger partial charge in [-0.1, -0.05) is 26.8 Å². The Bertz CT molecular complexity index is 1320. The van der Waals surface area contributed by atoms with Gasteiger partial charge < -0.3 is 28.4 Å². The summed E-state index contributed by atoms with van der Waals surface area (Å²) in [7, 11) is -1.86. The van der Waals surface area contributed by atoms with Crippen LogP contribution in [0.5, 0.6) is 5.75 Å². The molecule has 2 aromatic heterocycles. The van der Waals surface area contributed by atoms with Crippen LogP contribution in [-0.4, -0.2) is 98.6 Å². The van der Waals surface area contributed by atoms with E-state index < -0.39 is 20.6 Å². The maximum atomic E-state index is 14.5. The fourth-order valence-corrected chi connectivity index (χ4v) is 5.69. The minimum absolute atomic E-state index is 0.0886. The average molecular weight is 606 g/mol. The highest BCUT2D eigenvalue weighted by molar-refractivity contribution is 6.74. The molecule has 14 heteroatoms. The van der Waals surface area contributed by atoms with Crippen LogP contribution >= 0.6 is 0 Å². The fourth-order valence-electron chi connectivity index (χ4n) is 4.60. The smallest absolute Gasteiger partial charge is 0.296 e. The summed E-state index contributed by atoms with van der Waals surface area (Å²) < 4.78 is 53.6. The summed E-state index contributed by atoms with van der Waals surface area (Å²) in [4.78, 5) is 22.4. The van der Waals surface area contributed by atoms with Gasteiger partial charge in [0.25, 0.3) is 6.43 Å². The van der Waals surface area contributed by atoms with E-state index in [0.717, 1.165) is 0 Å². The zero-order valence-electron chi connectivity index (χ0n) is 25.1. The number of alkyl halides is 2. The molecule has 1 aromatic carbocycles. The van der Waals surface area contributed by atoms with Crippen LogP contribution in [0.15, 0.2) is 18.2 Å². The fraction of sp³-hybridized carbons (Fsp3) is 0.643. The lowest BCUT2D eigenvalue weighted by molar-refractivity contribution is 0.121. The summed E-state index contributed by atoms with van der Waals surface area (Å²) >= 11 is 0. The lowest BCUT2D eigenvalue weighted by Gasteiger charge is -2.36. The molecular formula is C28H41F2N7O4Si. The summed E-state index contributed by atoms with van der Waals surface area (Å²) in [5, 5.41) is 0.121. The van der Waals surface area contributed by atoms with E-state index >= 15 is 0 Å². The van der Waals surface area contributed by atoms with Crippen molar-refractivity contribution in [3.05, 3.63) is 24.0 Å². The van der Waals surface area contributed by atoms with Crippen LogP contribution in [0.1, 0.15) is 39.4 Å². The number of fused-ring (bicyclic) bond motifs is 1. The maximum absolute atomic E-state index is 14.5. The molecule has 42 heavy (non-hydrogen) atoms. The molecule has 0 radical (unpaired) electrons. The van der Waals surface area contributed by atoms with Gasteiger partial charge in [-0.15, -0.1) is 0 Å². The summed E-state index contributed by atoms with van der Waals surface area (Å²) in [6, 6.07) is 5.24. The maximum Gasteiger partial charge on any atom is 0.296 e. The number of rotatable bonds is 10. The molecule has 5 rings (SSSR count). The van der Waals surface area contributed by atoms with Gasteiger partial charge in [-0.3, -0.25) is 4.57 Å². The average Bonchev–Trinajstić information content (AvgIpc) is 3.38. The lowest BCUT2D eigenvalue weighted by Crippen LogP contribution is -2.41. The molecule has 0 aliphatic carbocycles. The molecule has 2 saturated heterocycles. The van der Waals surface area contributed by atoms with Crippen molar-refractivity contribution in [1.82, 2.24) is 24.5 Å². The first-order valence-corrected chi connectivity index (χ1v) is 17.4. The molecular weight excluding hydrogens is 564 g/mol. The third kappa shape index (κ3) is 6.66. The zero-order chi connectivity index (χ0) is 29.9. The number of anilines is 2. The number of halogens is 2. The van der Waals surface area contributed by atoms with Gasteiger partial charge in [0.2, 0.25) is 17.8 Å². The van der Waals surface area contributed by atoms with Crippen molar-refractivity contribution in [3.8, 4) is 11.7 Å². The highest BCUT2D eigenvalue weighted by atomic mass is 28.4. The minimum atomic E-state index is -2.86. The van der Waals surface area contributed by atoms with Crippen LogP contribution in [0.3, 0.4) is 0 Å². The number of nitrogens with zero attached hydrogens (tertiary/aromatic N) is 7. The third-order valence-electron chi connectivity index (χ3n) is 8.07. The van der Waals surface area contributed by atoms with Crippen molar-refractivity contribution in [2.75, 3.05) is 75.6 Å². The largest absolute Gasteiger partial charge is 0.491 e. The Morgan fingerprint density at radius 2 is 1.43 bits per heavy atom. The number of ether oxygens (including phenoxy) is 3. The topological polar surface area (TPSA) is 99.9 Å². The van der Waals surface area contributed by atoms with E-state index in [1.165, 1.54) is 4.57 Å². The van der Waals surface area contributed by atoms with E-state index in [2.05, 4.69) is 48.8 Å². The van der Waals surface area contributed by atoms with Gasteiger partial charge in [0.1, 0.15) is 11.3 Å². The third-order valence-corrected chi connectivity index (χ3v) is 12.6. The van der Waals surface area contributed by atoms with E-state index in [0.29, 0.717) is 101 Å². The van der Waals surface area contributed by atoms with Crippen molar-refractivity contribution < 1.29 is 27.4 Å². The van der Waals surface area contributed by atoms with Crippen molar-refractivity contribution in [2.24, 2.45) is 0 Å². The molecule has 0 N–H and O–H groups in total. The van der Waals surface area contributed by atoms with Gasteiger partial charge in [0, 0.05) is 39.2 Å². The van der Waals surface area contributed by atoms with Crippen LogP contribution in [0, 0.1) is 0 Å². The Labute approximate surface area is 246 Å². The molecule has 230 valence electrons. The van der Waals surface area contributed by atoms with Crippen LogP contribution in [0.2, 0.25) is 18.1 Å². The van der Waals surface area contributed by atoms with Crippen molar-refractivity contribution in [1.29, 1.82) is 0 Å². The molecule has 0 bridgehead atoms. The highest BCUT2D eigenvalue weighted by Crippen LogP contribution is 2.37. The van der Waals surface area contributed by atoms with Gasteiger partial charge in [-0.2, -0.15) is 15.0 Å². The van der Waals surface area contributed by atoms with E-state index in [-0.39, 0.29) is 11.0 Å². The van der Waals surface area contributed by atoms with Crippen LogP contribution in [0.4, 0.5) is 20.7 Å². The molecule has 0 amide bonds. The predicted molar refractivity (Wildman–Crippen MR) is 159 cm³/mol. The first kappa shape index (κ1) is 30.5. The molecule has 0 spiro atoms. The Kier molecular flexibility index (Phi) is 9.25. The van der Waals surface area contributed by atoms with Crippen molar-refractivity contribution >= 4 is 31.2 Å². The minimum Gasteiger partial charge on any atom is -0.491 e. The SMILES string of the molecule is CC(C)(C)[Si](C)(C)OCCCOc1cccc2c1nc(C(F)F)n2-c1nc(N2CCOCC2)nc(N2CCOCC2)n1. The van der Waals surface area contributed by atoms with E-state index in [4.69, 9.17) is 23.6 Å². The van der Waals surface area contributed by atoms with Crippen LogP contribution in [-0.2, 0) is 13.9 Å². The highest BCUT2D eigenvalue weighted by Gasteiger charge is 2.37. The molecule has 2 aliphatic heterocycles. The number of imidazole rings is 1. The molecule has 0 unspecified atom stereocenters. The predicted octanol–water partition coefficient (Wildman–Crippen LogP) is 4.61. The summed E-state index contributed by atoms with van der Waals surface area (Å²) in [5.74, 6) is 0.901. The number of benzene rings is 1. The van der Waals surface area contributed by atoms with Gasteiger partial charge in [0.05, 0.1) is 38.6 Å². The Balaban J connectivity index is 1.46. The molecule has 11 nitrogen and oxygen atoms in total. The van der Waals surface area contributed by atoms with Gasteiger partial charge in [0.15, 0.2) is 14.1 Å². The first-order chi connectivity index (χ1) is 20.0. The summed E-state index contributed by atoms with van der Waals surface area (Å²) in [5.41, 5.74) is 0.770. The number of hydrogen-bond donors (Lipinski definition) is 0. The monoisotopic (exact) mass is 605 g/mol. The Morgan fingerprint density at radius 1 is 0.857 bits per heavy atom. The molecule has 2 aliphatic rings. The quantitative estimate of drug-likeness (QED) is 0.241. The van der Waals surface area contributed by atoms with Gasteiger partial charge >= 0.3 is 0 Å². The zero-order valence-corrected chi connectivity index (χ0v) is 26.1. The van der Waals surface area contributed by atoms with Gasteiger partial charge in [-0.25, -0.2) is 13.8 Å². The Morgan fingerprint density at radius 3 is 1.98 bits per heavy atom. The normalized spacial score (nSPS) is 17.0. The van der Waals surface area contributed by atoms with E-state index in [9.17, 15) is 8.78 Å². The number of hydrogen-bond acceptors (Lipinski definition) is 10.